The minimum Gasteiger partial charge on any atom is -0.466 e. The fourth-order valence-corrected chi connectivity index (χ4v) is 1.76. The maximum Gasteiger partial charge on any atom is 0.332 e. The molecule has 0 heterocycles. The number of hydrogen-bond acceptors (Lipinski definition) is 5. The van der Waals surface area contributed by atoms with Crippen LogP contribution in [0.4, 0.5) is 0 Å². The molecule has 0 aromatic heterocycles. The molecule has 0 aliphatic carbocycles. The molecule has 0 aliphatic rings. The Bertz CT molecular complexity index is 289. The van der Waals surface area contributed by atoms with Crippen molar-refractivity contribution in [1.29, 1.82) is 0 Å². The van der Waals surface area contributed by atoms with Crippen LogP contribution in [0.3, 0.4) is 0 Å². The van der Waals surface area contributed by atoms with Crippen molar-refractivity contribution in [1.82, 2.24) is 0 Å². The SMILES string of the molecule is C=C(C)C(=O)OC.C=CC(=O)OCCC[SiH2]OCC. The standard InChI is InChI=1S/C8H16O3Si.C5H8O2/c1-3-8(9)10-6-5-7-12-11-4-2;1-4(2)5(6)7-3/h3H,1,4-7,12H2,2H3;1H2,2-3H3. The lowest BCUT2D eigenvalue weighted by molar-refractivity contribution is -0.138. The third-order valence-electron chi connectivity index (χ3n) is 1.83. The lowest BCUT2D eigenvalue weighted by Crippen LogP contribution is -2.04. The molecule has 0 saturated heterocycles. The normalized spacial score (nSPS) is 9.42. The number of rotatable bonds is 8. The summed E-state index contributed by atoms with van der Waals surface area (Å²) in [4.78, 5) is 20.7. The number of methoxy groups -OCH3 is 1. The fourth-order valence-electron chi connectivity index (χ4n) is 0.856. The molecule has 0 aromatic rings. The molecule has 0 bridgehead atoms. The Labute approximate surface area is 117 Å². The van der Waals surface area contributed by atoms with Crippen molar-refractivity contribution in [2.45, 2.75) is 26.3 Å². The molecule has 0 aliphatic heterocycles. The van der Waals surface area contributed by atoms with Crippen molar-refractivity contribution in [3.63, 3.8) is 0 Å². The van der Waals surface area contributed by atoms with Crippen LogP contribution in [0.25, 0.3) is 0 Å². The number of ether oxygens (including phenoxy) is 2. The van der Waals surface area contributed by atoms with Gasteiger partial charge in [0, 0.05) is 18.3 Å². The summed E-state index contributed by atoms with van der Waals surface area (Å²) in [6.45, 7) is 11.5. The zero-order valence-corrected chi connectivity index (χ0v) is 13.5. The van der Waals surface area contributed by atoms with E-state index in [1.165, 1.54) is 13.2 Å². The monoisotopic (exact) mass is 288 g/mol. The summed E-state index contributed by atoms with van der Waals surface area (Å²) in [5.74, 6) is -0.687. The van der Waals surface area contributed by atoms with Crippen LogP contribution in [0.2, 0.25) is 6.04 Å². The predicted molar refractivity (Wildman–Crippen MR) is 77.6 cm³/mol. The molecular weight excluding hydrogens is 264 g/mol. The van der Waals surface area contributed by atoms with Crippen molar-refractivity contribution in [2.75, 3.05) is 20.3 Å². The average molecular weight is 288 g/mol. The first-order valence-electron chi connectivity index (χ1n) is 6.10. The molecule has 0 amide bonds. The van der Waals surface area contributed by atoms with E-state index in [1.54, 1.807) is 6.92 Å². The van der Waals surface area contributed by atoms with Gasteiger partial charge in [-0.2, -0.15) is 0 Å². The number of hydrogen-bond donors (Lipinski definition) is 0. The van der Waals surface area contributed by atoms with Crippen LogP contribution >= 0.6 is 0 Å². The van der Waals surface area contributed by atoms with E-state index in [1.807, 2.05) is 6.92 Å². The highest BCUT2D eigenvalue weighted by Crippen LogP contribution is 1.91. The van der Waals surface area contributed by atoms with E-state index in [4.69, 9.17) is 9.16 Å². The van der Waals surface area contributed by atoms with Crippen LogP contribution < -0.4 is 0 Å². The molecular formula is C13H24O5Si. The molecule has 0 rings (SSSR count). The van der Waals surface area contributed by atoms with Gasteiger partial charge in [0.1, 0.15) is 0 Å². The van der Waals surface area contributed by atoms with E-state index in [9.17, 15) is 9.59 Å². The van der Waals surface area contributed by atoms with Gasteiger partial charge in [0.2, 0.25) is 0 Å². The summed E-state index contributed by atoms with van der Waals surface area (Å²) in [5.41, 5.74) is 0.433. The Balaban J connectivity index is 0. The minimum absolute atomic E-state index is 0.340. The lowest BCUT2D eigenvalue weighted by Gasteiger charge is -2.01. The Morgan fingerprint density at radius 3 is 2.37 bits per heavy atom. The van der Waals surface area contributed by atoms with E-state index in [0.29, 0.717) is 12.2 Å². The van der Waals surface area contributed by atoms with Gasteiger partial charge in [-0.3, -0.25) is 0 Å². The molecule has 0 aromatic carbocycles. The lowest BCUT2D eigenvalue weighted by atomic mass is 10.4. The van der Waals surface area contributed by atoms with Gasteiger partial charge in [0.05, 0.1) is 13.7 Å². The van der Waals surface area contributed by atoms with Gasteiger partial charge in [-0.15, -0.1) is 0 Å². The van der Waals surface area contributed by atoms with E-state index in [0.717, 1.165) is 19.1 Å². The molecule has 0 unspecified atom stereocenters. The van der Waals surface area contributed by atoms with Gasteiger partial charge in [-0.25, -0.2) is 9.59 Å². The second kappa shape index (κ2) is 14.7. The van der Waals surface area contributed by atoms with Crippen molar-refractivity contribution in [2.24, 2.45) is 0 Å². The van der Waals surface area contributed by atoms with Crippen molar-refractivity contribution in [3.8, 4) is 0 Å². The van der Waals surface area contributed by atoms with Crippen LogP contribution in [0.5, 0.6) is 0 Å². The summed E-state index contributed by atoms with van der Waals surface area (Å²) < 4.78 is 14.3. The molecule has 0 spiro atoms. The van der Waals surface area contributed by atoms with Crippen LogP contribution in [-0.4, -0.2) is 42.0 Å². The highest BCUT2D eigenvalue weighted by atomic mass is 28.2. The second-order valence-corrected chi connectivity index (χ2v) is 5.07. The van der Waals surface area contributed by atoms with Crippen LogP contribution in [0.1, 0.15) is 20.3 Å². The molecule has 0 atom stereocenters. The van der Waals surface area contributed by atoms with Crippen molar-refractivity contribution < 1.29 is 23.5 Å². The smallest absolute Gasteiger partial charge is 0.332 e. The Hall–Kier alpha value is -1.40. The van der Waals surface area contributed by atoms with Gasteiger partial charge >= 0.3 is 11.9 Å². The third kappa shape index (κ3) is 16.6. The van der Waals surface area contributed by atoms with E-state index in [-0.39, 0.29) is 21.7 Å². The highest BCUT2D eigenvalue weighted by Gasteiger charge is 1.95. The first kappa shape index (κ1) is 19.9. The molecule has 5 nitrogen and oxygen atoms in total. The summed E-state index contributed by atoms with van der Waals surface area (Å²) in [6.07, 6.45) is 2.09. The first-order chi connectivity index (χ1) is 8.99. The predicted octanol–water partition coefficient (Wildman–Crippen LogP) is 1.38. The number of esters is 2. The molecule has 19 heavy (non-hydrogen) atoms. The molecule has 0 saturated carbocycles. The second-order valence-electron chi connectivity index (χ2n) is 3.55. The van der Waals surface area contributed by atoms with E-state index < -0.39 is 0 Å². The van der Waals surface area contributed by atoms with E-state index in [2.05, 4.69) is 17.9 Å². The number of carbonyl (C=O) groups is 2. The molecule has 110 valence electrons. The Morgan fingerprint density at radius 1 is 1.37 bits per heavy atom. The maximum absolute atomic E-state index is 10.5. The third-order valence-corrected chi connectivity index (χ3v) is 3.32. The van der Waals surface area contributed by atoms with Crippen LogP contribution in [0, 0.1) is 0 Å². The summed E-state index contributed by atoms with van der Waals surface area (Å²) in [7, 11) is 0.973. The summed E-state index contributed by atoms with van der Waals surface area (Å²) in [5, 5.41) is 0. The van der Waals surface area contributed by atoms with Crippen LogP contribution in [-0.2, 0) is 23.5 Å². The Kier molecular flexibility index (Phi) is 15.4. The zero-order chi connectivity index (χ0) is 15.1. The maximum atomic E-state index is 10.5. The zero-order valence-electron chi connectivity index (χ0n) is 12.1. The minimum atomic E-state index is -0.357. The summed E-state index contributed by atoms with van der Waals surface area (Å²) >= 11 is 0. The molecule has 0 N–H and O–H groups in total. The molecule has 6 heteroatoms. The van der Waals surface area contributed by atoms with Gasteiger partial charge in [-0.05, 0) is 26.3 Å². The quantitative estimate of drug-likeness (QED) is 0.292. The number of carbonyl (C=O) groups excluding carboxylic acids is 2. The van der Waals surface area contributed by atoms with Gasteiger partial charge < -0.3 is 13.9 Å². The summed E-state index contributed by atoms with van der Waals surface area (Å²) in [6, 6.07) is 1.07. The Morgan fingerprint density at radius 2 is 2.00 bits per heavy atom. The van der Waals surface area contributed by atoms with Gasteiger partial charge in [-0.1, -0.05) is 13.2 Å². The van der Waals surface area contributed by atoms with Crippen LogP contribution in [0.15, 0.2) is 24.8 Å². The highest BCUT2D eigenvalue weighted by molar-refractivity contribution is 6.26. The largest absolute Gasteiger partial charge is 0.466 e. The van der Waals surface area contributed by atoms with E-state index >= 15 is 0 Å². The topological polar surface area (TPSA) is 61.8 Å². The average Bonchev–Trinajstić information content (AvgIpc) is 2.41. The van der Waals surface area contributed by atoms with Crippen molar-refractivity contribution >= 4 is 21.7 Å². The van der Waals surface area contributed by atoms with Gasteiger partial charge in [0.15, 0.2) is 9.76 Å². The van der Waals surface area contributed by atoms with Gasteiger partial charge in [0.25, 0.3) is 0 Å². The van der Waals surface area contributed by atoms with Crippen molar-refractivity contribution in [3.05, 3.63) is 24.8 Å². The first-order valence-corrected chi connectivity index (χ1v) is 7.68. The fraction of sp³-hybridized carbons (Fsp3) is 0.538. The molecule has 0 radical (unpaired) electrons. The molecule has 0 fully saturated rings.